The second kappa shape index (κ2) is 10.5. The van der Waals surface area contributed by atoms with E-state index in [1.807, 2.05) is 0 Å². The van der Waals surface area contributed by atoms with Gasteiger partial charge in [0.05, 0.1) is 6.61 Å². The summed E-state index contributed by atoms with van der Waals surface area (Å²) in [6, 6.07) is 9.48. The Labute approximate surface area is 209 Å². The molecular weight excluding hydrogens is 492 g/mol. The van der Waals surface area contributed by atoms with Gasteiger partial charge in [-0.25, -0.2) is 0 Å². The molecule has 0 radical (unpaired) electrons. The minimum absolute atomic E-state index is 0.0225. The van der Waals surface area contributed by atoms with E-state index in [0.717, 1.165) is 19.9 Å². The molecule has 12 heteroatoms. The van der Waals surface area contributed by atoms with Crippen molar-refractivity contribution in [2.75, 3.05) is 6.61 Å². The number of aromatic hydroxyl groups is 2. The number of hydrogen-bond donors (Lipinski definition) is 4. The molecule has 2 aromatic carbocycles. The molecule has 0 bridgehead atoms. The van der Waals surface area contributed by atoms with Crippen molar-refractivity contribution in [1.82, 2.24) is 0 Å². The minimum Gasteiger partial charge on any atom is -0.508 e. The highest BCUT2D eigenvalue weighted by molar-refractivity contribution is 5.86. The van der Waals surface area contributed by atoms with Crippen LogP contribution in [0, 0.1) is 0 Å². The number of carbonyl (C=O) groups excluding carboxylic acids is 2. The van der Waals surface area contributed by atoms with Crippen molar-refractivity contribution >= 4 is 22.9 Å². The van der Waals surface area contributed by atoms with Gasteiger partial charge in [-0.3, -0.25) is 14.4 Å². The number of rotatable bonds is 6. The summed E-state index contributed by atoms with van der Waals surface area (Å²) in [4.78, 5) is 35.8. The molecule has 0 amide bonds. The zero-order chi connectivity index (χ0) is 26.9. The summed E-state index contributed by atoms with van der Waals surface area (Å²) in [6.45, 7) is 1.52. The first-order valence-corrected chi connectivity index (χ1v) is 11.1. The molecule has 1 aliphatic heterocycles. The van der Waals surface area contributed by atoms with Gasteiger partial charge in [0.25, 0.3) is 0 Å². The van der Waals surface area contributed by atoms with Crippen LogP contribution < -0.4 is 10.2 Å². The van der Waals surface area contributed by atoms with Gasteiger partial charge in [-0.05, 0) is 24.3 Å². The second-order valence-electron chi connectivity index (χ2n) is 8.32. The highest BCUT2D eigenvalue weighted by Crippen LogP contribution is 2.34. The molecule has 12 nitrogen and oxygen atoms in total. The minimum atomic E-state index is -1.63. The van der Waals surface area contributed by atoms with Crippen molar-refractivity contribution in [2.24, 2.45) is 0 Å². The Hall–Kier alpha value is -4.13. The maximum absolute atomic E-state index is 12.7. The molecule has 4 N–H and O–H groups in total. The van der Waals surface area contributed by atoms with Crippen molar-refractivity contribution in [3.63, 3.8) is 0 Å². The first-order valence-electron chi connectivity index (χ1n) is 11.1. The van der Waals surface area contributed by atoms with Crippen LogP contribution in [-0.2, 0) is 23.8 Å². The molecule has 1 saturated heterocycles. The van der Waals surface area contributed by atoms with Crippen LogP contribution >= 0.6 is 0 Å². The Morgan fingerprint density at radius 2 is 1.62 bits per heavy atom. The topological polar surface area (TPSA) is 182 Å². The first kappa shape index (κ1) is 25.9. The van der Waals surface area contributed by atoms with E-state index in [-0.39, 0.29) is 28.2 Å². The van der Waals surface area contributed by atoms with E-state index in [1.54, 1.807) is 0 Å². The number of hydrogen-bond acceptors (Lipinski definition) is 12. The Kier molecular flexibility index (Phi) is 7.34. The molecule has 0 unspecified atom stereocenters. The number of aliphatic hydroxyl groups excluding tert-OH is 2. The highest BCUT2D eigenvalue weighted by Gasteiger charge is 2.50. The van der Waals surface area contributed by atoms with E-state index in [4.69, 9.17) is 23.4 Å². The molecule has 3 aromatic rings. The van der Waals surface area contributed by atoms with E-state index >= 15 is 0 Å². The van der Waals surface area contributed by atoms with Crippen LogP contribution in [0.25, 0.3) is 22.3 Å². The maximum Gasteiger partial charge on any atom is 0.303 e. The summed E-state index contributed by atoms with van der Waals surface area (Å²) in [6.07, 6.45) is -7.22. The number of carbonyl (C=O) groups is 2. The van der Waals surface area contributed by atoms with Crippen molar-refractivity contribution in [2.45, 2.75) is 44.6 Å². The van der Waals surface area contributed by atoms with Crippen molar-refractivity contribution in [3.8, 4) is 28.6 Å². The maximum atomic E-state index is 12.7. The molecule has 1 fully saturated rings. The summed E-state index contributed by atoms with van der Waals surface area (Å²) in [5.41, 5.74) is -0.110. The average molecular weight is 516 g/mol. The van der Waals surface area contributed by atoms with Gasteiger partial charge in [-0.15, -0.1) is 0 Å². The summed E-state index contributed by atoms with van der Waals surface area (Å²) < 4.78 is 27.4. The molecule has 0 aliphatic carbocycles. The van der Waals surface area contributed by atoms with Crippen LogP contribution in [0.1, 0.15) is 13.8 Å². The van der Waals surface area contributed by atoms with Crippen LogP contribution in [-0.4, -0.2) is 69.7 Å². The lowest BCUT2D eigenvalue weighted by Gasteiger charge is -2.42. The Bertz CT molecular complexity index is 1360. The Morgan fingerprint density at radius 1 is 0.973 bits per heavy atom. The van der Waals surface area contributed by atoms with Gasteiger partial charge in [0.2, 0.25) is 6.29 Å². The fraction of sp³-hybridized carbons (Fsp3) is 0.320. The first-order chi connectivity index (χ1) is 17.6. The van der Waals surface area contributed by atoms with Gasteiger partial charge in [0.1, 0.15) is 46.2 Å². The number of aliphatic hydroxyl groups is 2. The summed E-state index contributed by atoms with van der Waals surface area (Å²) in [7, 11) is 0. The largest absolute Gasteiger partial charge is 0.508 e. The van der Waals surface area contributed by atoms with Gasteiger partial charge in [-0.2, -0.15) is 0 Å². The van der Waals surface area contributed by atoms with Crippen LogP contribution in [0.2, 0.25) is 0 Å². The van der Waals surface area contributed by atoms with Gasteiger partial charge >= 0.3 is 11.9 Å². The predicted molar refractivity (Wildman–Crippen MR) is 125 cm³/mol. The van der Waals surface area contributed by atoms with Gasteiger partial charge < -0.3 is 43.8 Å². The Balaban J connectivity index is 1.71. The average Bonchev–Trinajstić information content (AvgIpc) is 2.82. The van der Waals surface area contributed by atoms with Crippen molar-refractivity contribution in [1.29, 1.82) is 0 Å². The monoisotopic (exact) mass is 516 g/mol. The van der Waals surface area contributed by atoms with E-state index in [1.165, 1.54) is 36.4 Å². The molecule has 196 valence electrons. The lowest BCUT2D eigenvalue weighted by atomic mass is 9.98. The zero-order valence-corrected chi connectivity index (χ0v) is 19.7. The SMILES string of the molecule is CC(=O)O[C@H]1[C@H](Oc2cc(O)c3c(=O)cc(-c4ccc(O)cc4)oc3c2)O[C@H](CO)[C@@H](OC(C)=O)[C@@H]1O. The lowest BCUT2D eigenvalue weighted by molar-refractivity contribution is -0.284. The predicted octanol–water partition coefficient (Wildman–Crippen LogP) is 1.19. The third-order valence-electron chi connectivity index (χ3n) is 5.59. The smallest absolute Gasteiger partial charge is 0.303 e. The molecule has 2 heterocycles. The number of esters is 2. The van der Waals surface area contributed by atoms with Crippen LogP contribution in [0.3, 0.4) is 0 Å². The number of benzene rings is 2. The van der Waals surface area contributed by atoms with Crippen molar-refractivity contribution in [3.05, 3.63) is 52.7 Å². The van der Waals surface area contributed by atoms with Crippen molar-refractivity contribution < 1.29 is 53.4 Å². The van der Waals surface area contributed by atoms with Gasteiger partial charge in [0, 0.05) is 37.6 Å². The van der Waals surface area contributed by atoms with Crippen LogP contribution in [0.4, 0.5) is 0 Å². The fourth-order valence-corrected chi connectivity index (χ4v) is 4.00. The third-order valence-corrected chi connectivity index (χ3v) is 5.59. The Morgan fingerprint density at radius 3 is 2.24 bits per heavy atom. The molecule has 4 rings (SSSR count). The van der Waals surface area contributed by atoms with Crippen LogP contribution in [0.5, 0.6) is 17.2 Å². The highest BCUT2D eigenvalue weighted by atomic mass is 16.7. The number of ether oxygens (including phenoxy) is 4. The molecule has 37 heavy (non-hydrogen) atoms. The number of phenolic OH excluding ortho intramolecular Hbond substituents is 2. The van der Waals surface area contributed by atoms with E-state index in [9.17, 15) is 34.8 Å². The van der Waals surface area contributed by atoms with Crippen LogP contribution in [0.15, 0.2) is 51.7 Å². The zero-order valence-electron chi connectivity index (χ0n) is 19.7. The molecular formula is C25H24O12. The van der Waals surface area contributed by atoms with Gasteiger partial charge in [0.15, 0.2) is 17.6 Å². The molecule has 0 saturated carbocycles. The quantitative estimate of drug-likeness (QED) is 0.344. The molecule has 0 spiro atoms. The number of fused-ring (bicyclic) bond motifs is 1. The lowest BCUT2D eigenvalue weighted by Crippen LogP contribution is -2.62. The molecule has 5 atom stereocenters. The third kappa shape index (κ3) is 5.50. The standard InChI is InChI=1S/C25H24O12/c1-11(27)33-23-20(10-26)37-25(24(22(23)32)34-12(2)28)35-15-7-16(30)21-17(31)9-18(36-19(21)8-15)13-3-5-14(29)6-4-13/h3-9,20,22-26,29-30,32H,10H2,1-2H3/t20-,22+,23-,24-,25-/m1/s1. The summed E-state index contributed by atoms with van der Waals surface area (Å²) in [5, 5.41) is 40.4. The molecule has 1 aromatic heterocycles. The summed E-state index contributed by atoms with van der Waals surface area (Å²) >= 11 is 0. The molecule has 1 aliphatic rings. The van der Waals surface area contributed by atoms with Gasteiger partial charge in [-0.1, -0.05) is 0 Å². The van der Waals surface area contributed by atoms with E-state index < -0.39 is 60.4 Å². The van der Waals surface area contributed by atoms with E-state index in [2.05, 4.69) is 0 Å². The normalized spacial score (nSPS) is 23.4. The van der Waals surface area contributed by atoms with E-state index in [0.29, 0.717) is 5.56 Å². The summed E-state index contributed by atoms with van der Waals surface area (Å²) in [5.74, 6) is -1.94. The number of phenols is 2. The fourth-order valence-electron chi connectivity index (χ4n) is 4.00. The second-order valence-corrected chi connectivity index (χ2v) is 8.32.